The number of carbonyl (C=O) groups is 1. The number of hydrazone groups is 1. The van der Waals surface area contributed by atoms with Crippen molar-refractivity contribution in [3.05, 3.63) is 41.8 Å². The molecule has 27 heavy (non-hydrogen) atoms. The summed E-state index contributed by atoms with van der Waals surface area (Å²) in [5.74, 6) is -2.88. The molecule has 0 radical (unpaired) electrons. The molecule has 1 fully saturated rings. The molecular weight excluding hydrogens is 363 g/mol. The van der Waals surface area contributed by atoms with Crippen LogP contribution in [0.25, 0.3) is 0 Å². The average molecular weight is 379 g/mol. The lowest BCUT2D eigenvalue weighted by Gasteiger charge is -2.35. The van der Waals surface area contributed by atoms with Gasteiger partial charge in [-0.3, -0.25) is 4.79 Å². The summed E-state index contributed by atoms with van der Waals surface area (Å²) in [5.41, 5.74) is 0.289. The molecule has 0 spiro atoms. The number of hydrogen-bond acceptors (Lipinski definition) is 6. The summed E-state index contributed by atoms with van der Waals surface area (Å²) in [4.78, 5) is 14.4. The fourth-order valence-electron chi connectivity index (χ4n) is 3.50. The normalized spacial score (nSPS) is 25.2. The van der Waals surface area contributed by atoms with Gasteiger partial charge in [0.1, 0.15) is 17.8 Å². The van der Waals surface area contributed by atoms with Crippen molar-refractivity contribution >= 4 is 18.1 Å². The first-order valence-electron chi connectivity index (χ1n) is 8.49. The molecule has 2 aliphatic rings. The van der Waals surface area contributed by atoms with Gasteiger partial charge in [-0.15, -0.1) is 5.10 Å². The molecule has 142 valence electrons. The first kappa shape index (κ1) is 17.5. The molecule has 1 saturated heterocycles. The third kappa shape index (κ3) is 3.38. The summed E-state index contributed by atoms with van der Waals surface area (Å²) in [5, 5.41) is 12.5. The number of aromatic nitrogens is 2. The Labute approximate surface area is 152 Å². The summed E-state index contributed by atoms with van der Waals surface area (Å²) >= 11 is 0. The SMILES string of the molecule is O=C([C@H]1CCN(c2nnco2)C[C@H]1F)N1N=CC[C@H]1c1cc(F)cc(F)c1. The van der Waals surface area contributed by atoms with Gasteiger partial charge in [0.05, 0.1) is 18.5 Å². The number of alkyl halides is 1. The lowest BCUT2D eigenvalue weighted by molar-refractivity contribution is -0.140. The Kier molecular flexibility index (Phi) is 4.54. The topological polar surface area (TPSA) is 74.8 Å². The molecule has 10 heteroatoms. The third-order valence-electron chi connectivity index (χ3n) is 4.80. The summed E-state index contributed by atoms with van der Waals surface area (Å²) in [7, 11) is 0. The Balaban J connectivity index is 1.49. The van der Waals surface area contributed by atoms with Gasteiger partial charge in [0.25, 0.3) is 0 Å². The number of benzene rings is 1. The van der Waals surface area contributed by atoms with Crippen LogP contribution in [0.4, 0.5) is 19.2 Å². The number of amides is 1. The van der Waals surface area contributed by atoms with Crippen LogP contribution >= 0.6 is 0 Å². The molecule has 0 N–H and O–H groups in total. The predicted octanol–water partition coefficient (Wildman–Crippen LogP) is 2.47. The van der Waals surface area contributed by atoms with Gasteiger partial charge in [-0.25, -0.2) is 18.2 Å². The highest BCUT2D eigenvalue weighted by Gasteiger charge is 2.41. The van der Waals surface area contributed by atoms with E-state index in [0.717, 1.165) is 29.6 Å². The summed E-state index contributed by atoms with van der Waals surface area (Å²) in [6.45, 7) is 0.311. The molecule has 0 saturated carbocycles. The summed E-state index contributed by atoms with van der Waals surface area (Å²) in [6.07, 6.45) is 1.73. The van der Waals surface area contributed by atoms with Crippen LogP contribution in [-0.4, -0.2) is 46.6 Å². The van der Waals surface area contributed by atoms with E-state index in [1.54, 1.807) is 4.90 Å². The van der Waals surface area contributed by atoms with Gasteiger partial charge >= 0.3 is 6.01 Å². The van der Waals surface area contributed by atoms with Crippen LogP contribution in [0.15, 0.2) is 34.1 Å². The lowest BCUT2D eigenvalue weighted by atomic mass is 9.93. The van der Waals surface area contributed by atoms with Gasteiger partial charge < -0.3 is 9.32 Å². The van der Waals surface area contributed by atoms with E-state index in [0.29, 0.717) is 13.0 Å². The zero-order valence-corrected chi connectivity index (χ0v) is 14.1. The Morgan fingerprint density at radius 3 is 2.67 bits per heavy atom. The molecule has 1 amide bonds. The van der Waals surface area contributed by atoms with Crippen LogP contribution in [0.1, 0.15) is 24.4 Å². The van der Waals surface area contributed by atoms with Crippen LogP contribution in [0, 0.1) is 17.6 Å². The highest BCUT2D eigenvalue weighted by molar-refractivity contribution is 5.82. The van der Waals surface area contributed by atoms with Crippen molar-refractivity contribution in [1.82, 2.24) is 15.2 Å². The van der Waals surface area contributed by atoms with E-state index >= 15 is 0 Å². The molecule has 2 aliphatic heterocycles. The minimum atomic E-state index is -1.46. The first-order valence-corrected chi connectivity index (χ1v) is 8.49. The van der Waals surface area contributed by atoms with Gasteiger partial charge in [0.2, 0.25) is 12.3 Å². The first-order chi connectivity index (χ1) is 13.0. The molecule has 1 aromatic heterocycles. The number of anilines is 1. The number of hydrogen-bond donors (Lipinski definition) is 0. The third-order valence-corrected chi connectivity index (χ3v) is 4.80. The Morgan fingerprint density at radius 1 is 1.22 bits per heavy atom. The highest BCUT2D eigenvalue weighted by Crippen LogP contribution is 2.33. The minimum absolute atomic E-state index is 0.0601. The van der Waals surface area contributed by atoms with Crippen LogP contribution in [-0.2, 0) is 4.79 Å². The van der Waals surface area contributed by atoms with Crippen molar-refractivity contribution < 1.29 is 22.4 Å². The maximum absolute atomic E-state index is 14.7. The van der Waals surface area contributed by atoms with E-state index in [-0.39, 0.29) is 24.5 Å². The van der Waals surface area contributed by atoms with Gasteiger partial charge in [-0.05, 0) is 24.1 Å². The van der Waals surface area contributed by atoms with E-state index in [2.05, 4.69) is 15.3 Å². The molecule has 3 heterocycles. The van der Waals surface area contributed by atoms with Crippen LogP contribution in [0.2, 0.25) is 0 Å². The van der Waals surface area contributed by atoms with Crippen molar-refractivity contribution in [2.24, 2.45) is 11.0 Å². The van der Waals surface area contributed by atoms with E-state index in [4.69, 9.17) is 4.42 Å². The maximum Gasteiger partial charge on any atom is 0.318 e. The quantitative estimate of drug-likeness (QED) is 0.819. The number of piperidine rings is 1. The van der Waals surface area contributed by atoms with Crippen molar-refractivity contribution in [2.75, 3.05) is 18.0 Å². The molecule has 3 atom stereocenters. The van der Waals surface area contributed by atoms with Crippen molar-refractivity contribution in [2.45, 2.75) is 25.1 Å². The summed E-state index contributed by atoms with van der Waals surface area (Å²) < 4.78 is 46.8. The van der Waals surface area contributed by atoms with E-state index in [1.165, 1.54) is 6.21 Å². The Bertz CT molecular complexity index is 840. The van der Waals surface area contributed by atoms with Crippen molar-refractivity contribution in [3.63, 3.8) is 0 Å². The summed E-state index contributed by atoms with van der Waals surface area (Å²) in [6, 6.07) is 2.64. The molecule has 0 bridgehead atoms. The molecule has 7 nitrogen and oxygen atoms in total. The van der Waals surface area contributed by atoms with Gasteiger partial charge in [-0.1, -0.05) is 5.10 Å². The van der Waals surface area contributed by atoms with Crippen molar-refractivity contribution in [1.29, 1.82) is 0 Å². The van der Waals surface area contributed by atoms with Crippen LogP contribution in [0.5, 0.6) is 0 Å². The average Bonchev–Trinajstić information content (AvgIpc) is 3.32. The molecular formula is C17H16F3N5O2. The standard InChI is InChI=1S/C17H16F3N5O2/c18-11-5-10(6-12(19)7-11)15-1-3-22-25(15)16(26)13-2-4-24(8-14(13)20)17-23-21-9-27-17/h3,5-7,9,13-15H,1-2,4,8H2/t13-,14+,15-/m0/s1. The van der Waals surface area contributed by atoms with Gasteiger partial charge in [0, 0.05) is 25.2 Å². The zero-order valence-electron chi connectivity index (χ0n) is 14.1. The van der Waals surface area contributed by atoms with Crippen LogP contribution in [0.3, 0.4) is 0 Å². The zero-order chi connectivity index (χ0) is 19.0. The fraction of sp³-hybridized carbons (Fsp3) is 0.412. The Morgan fingerprint density at radius 2 is 2.00 bits per heavy atom. The maximum atomic E-state index is 14.7. The highest BCUT2D eigenvalue weighted by atomic mass is 19.1. The molecule has 1 aromatic carbocycles. The van der Waals surface area contributed by atoms with E-state index < -0.39 is 35.7 Å². The largest absolute Gasteiger partial charge is 0.411 e. The molecule has 2 aromatic rings. The minimum Gasteiger partial charge on any atom is -0.411 e. The number of nitrogens with zero attached hydrogens (tertiary/aromatic N) is 5. The number of carbonyl (C=O) groups excluding carboxylic acids is 1. The Hall–Kier alpha value is -2.91. The number of halogens is 3. The second kappa shape index (κ2) is 7.01. The van der Waals surface area contributed by atoms with Gasteiger partial charge in [-0.2, -0.15) is 5.10 Å². The second-order valence-corrected chi connectivity index (χ2v) is 6.51. The van der Waals surface area contributed by atoms with E-state index in [9.17, 15) is 18.0 Å². The molecule has 4 rings (SSSR count). The monoisotopic (exact) mass is 379 g/mol. The van der Waals surface area contributed by atoms with Crippen LogP contribution < -0.4 is 4.90 Å². The van der Waals surface area contributed by atoms with Gasteiger partial charge in [0.15, 0.2) is 0 Å². The fourth-order valence-corrected chi connectivity index (χ4v) is 3.50. The van der Waals surface area contributed by atoms with E-state index in [1.807, 2.05) is 0 Å². The number of rotatable bonds is 3. The smallest absolute Gasteiger partial charge is 0.318 e. The van der Waals surface area contributed by atoms with Crippen molar-refractivity contribution in [3.8, 4) is 0 Å². The lowest BCUT2D eigenvalue weighted by Crippen LogP contribution is -2.48. The second-order valence-electron chi connectivity index (χ2n) is 6.51. The predicted molar refractivity (Wildman–Crippen MR) is 88.6 cm³/mol. The molecule has 0 aliphatic carbocycles. The molecule has 0 unspecified atom stereocenters.